The Bertz CT molecular complexity index is 773. The number of hydrogen-bond donors (Lipinski definition) is 2. The van der Waals surface area contributed by atoms with Gasteiger partial charge in [0.2, 0.25) is 0 Å². The summed E-state index contributed by atoms with van der Waals surface area (Å²) in [5.74, 6) is -1.32. The van der Waals surface area contributed by atoms with E-state index in [1.54, 1.807) is 29.5 Å². The molecule has 1 atom stereocenters. The van der Waals surface area contributed by atoms with Crippen molar-refractivity contribution in [1.29, 1.82) is 0 Å². The number of likely N-dealkylation sites (tertiary alicyclic amines) is 1. The third-order valence-electron chi connectivity index (χ3n) is 4.62. The maximum atomic E-state index is 12.3. The van der Waals surface area contributed by atoms with E-state index in [0.717, 1.165) is 18.7 Å². The number of nitrogens with zero attached hydrogens (tertiary/aromatic N) is 1. The molecule has 1 unspecified atom stereocenters. The Balaban J connectivity index is 1.61. The fraction of sp³-hybridized carbons (Fsp3) is 0.368. The molecule has 1 aliphatic rings. The first-order valence-corrected chi connectivity index (χ1v) is 9.98. The number of nitrogens with one attached hydrogen (secondary N) is 2. The van der Waals surface area contributed by atoms with Crippen LogP contribution in [0.1, 0.15) is 30.0 Å². The predicted octanol–water partition coefficient (Wildman–Crippen LogP) is 3.60. The second kappa shape index (κ2) is 8.66. The van der Waals surface area contributed by atoms with E-state index in [9.17, 15) is 9.59 Å². The molecule has 1 fully saturated rings. The highest BCUT2D eigenvalue weighted by molar-refractivity contribution is 7.08. The van der Waals surface area contributed by atoms with Crippen LogP contribution in [0.5, 0.6) is 0 Å². The lowest BCUT2D eigenvalue weighted by molar-refractivity contribution is -0.136. The van der Waals surface area contributed by atoms with Crippen molar-refractivity contribution in [3.05, 3.63) is 51.2 Å². The molecular formula is C19H22ClN3O2S. The van der Waals surface area contributed by atoms with Crippen molar-refractivity contribution in [2.75, 3.05) is 25.0 Å². The molecule has 2 amide bonds. The predicted molar refractivity (Wildman–Crippen MR) is 106 cm³/mol. The van der Waals surface area contributed by atoms with Crippen molar-refractivity contribution in [3.8, 4) is 0 Å². The van der Waals surface area contributed by atoms with E-state index >= 15 is 0 Å². The van der Waals surface area contributed by atoms with Gasteiger partial charge >= 0.3 is 11.8 Å². The Labute approximate surface area is 162 Å². The van der Waals surface area contributed by atoms with Crippen molar-refractivity contribution in [2.24, 2.45) is 0 Å². The first-order valence-electron chi connectivity index (χ1n) is 8.66. The van der Waals surface area contributed by atoms with Crippen molar-refractivity contribution in [1.82, 2.24) is 10.2 Å². The van der Waals surface area contributed by atoms with Gasteiger partial charge in [0.1, 0.15) is 0 Å². The van der Waals surface area contributed by atoms with Crippen LogP contribution in [-0.2, 0) is 9.59 Å². The Morgan fingerprint density at radius 2 is 2.00 bits per heavy atom. The maximum Gasteiger partial charge on any atom is 0.313 e. The van der Waals surface area contributed by atoms with E-state index in [1.807, 2.05) is 12.3 Å². The normalized spacial score (nSPS) is 15.6. The average Bonchev–Trinajstić information content (AvgIpc) is 3.32. The number of rotatable bonds is 5. The number of thiophene rings is 1. The molecule has 2 aromatic rings. The molecule has 138 valence electrons. The van der Waals surface area contributed by atoms with Crippen LogP contribution in [0.2, 0.25) is 5.02 Å². The van der Waals surface area contributed by atoms with E-state index in [2.05, 4.69) is 27.0 Å². The van der Waals surface area contributed by atoms with E-state index in [4.69, 9.17) is 11.6 Å². The van der Waals surface area contributed by atoms with Gasteiger partial charge in [-0.2, -0.15) is 11.3 Å². The number of carbonyl (C=O) groups excluding carboxylic acids is 2. The SMILES string of the molecule is Cc1ccc(Cl)cc1NC(=O)C(=O)NCC(c1ccsc1)N1CCCC1. The minimum absolute atomic E-state index is 0.105. The molecule has 0 radical (unpaired) electrons. The molecule has 26 heavy (non-hydrogen) atoms. The molecule has 2 heterocycles. The number of amides is 2. The molecule has 3 rings (SSSR count). The summed E-state index contributed by atoms with van der Waals surface area (Å²) in [6.45, 7) is 4.30. The topological polar surface area (TPSA) is 61.4 Å². The van der Waals surface area contributed by atoms with E-state index < -0.39 is 11.8 Å². The summed E-state index contributed by atoms with van der Waals surface area (Å²) >= 11 is 7.60. The van der Waals surface area contributed by atoms with E-state index in [1.165, 1.54) is 18.4 Å². The number of aryl methyl sites for hydroxylation is 1. The molecule has 1 saturated heterocycles. The van der Waals surface area contributed by atoms with Gasteiger partial charge in [-0.05, 0) is 72.9 Å². The number of hydrogen-bond acceptors (Lipinski definition) is 4. The second-order valence-corrected chi connectivity index (χ2v) is 7.66. The summed E-state index contributed by atoms with van der Waals surface area (Å²) in [5, 5.41) is 10.1. The van der Waals surface area contributed by atoms with E-state index in [0.29, 0.717) is 17.3 Å². The monoisotopic (exact) mass is 391 g/mol. The molecule has 1 aliphatic heterocycles. The zero-order valence-corrected chi connectivity index (χ0v) is 16.2. The molecule has 7 heteroatoms. The van der Waals surface area contributed by atoms with Crippen molar-refractivity contribution >= 4 is 40.4 Å². The van der Waals surface area contributed by atoms with E-state index in [-0.39, 0.29) is 6.04 Å². The highest BCUT2D eigenvalue weighted by Crippen LogP contribution is 2.26. The fourth-order valence-electron chi connectivity index (χ4n) is 3.15. The molecule has 2 N–H and O–H groups in total. The van der Waals surface area contributed by atoms with Crippen LogP contribution in [0.25, 0.3) is 0 Å². The van der Waals surface area contributed by atoms with Gasteiger partial charge in [0.05, 0.1) is 6.04 Å². The van der Waals surface area contributed by atoms with Crippen LogP contribution in [0, 0.1) is 6.92 Å². The van der Waals surface area contributed by atoms with Gasteiger partial charge in [0.25, 0.3) is 0 Å². The largest absolute Gasteiger partial charge is 0.346 e. The number of carbonyl (C=O) groups is 2. The summed E-state index contributed by atoms with van der Waals surface area (Å²) in [4.78, 5) is 26.8. The first-order chi connectivity index (χ1) is 12.5. The standard InChI is InChI=1S/C19H22ClN3O2S/c1-13-4-5-15(20)10-16(13)22-19(25)18(24)21-11-17(14-6-9-26-12-14)23-7-2-3-8-23/h4-6,9-10,12,17H,2-3,7-8,11H2,1H3,(H,21,24)(H,22,25). The number of benzene rings is 1. The number of anilines is 1. The molecule has 0 aliphatic carbocycles. The molecule has 0 spiro atoms. The van der Waals surface area contributed by atoms with Gasteiger partial charge < -0.3 is 10.6 Å². The van der Waals surface area contributed by atoms with Crippen molar-refractivity contribution < 1.29 is 9.59 Å². The first kappa shape index (κ1) is 18.9. The van der Waals surface area contributed by atoms with Crippen LogP contribution in [-0.4, -0.2) is 36.3 Å². The smallest absolute Gasteiger partial charge is 0.313 e. The Morgan fingerprint density at radius 1 is 1.23 bits per heavy atom. The van der Waals surface area contributed by atoms with Crippen molar-refractivity contribution in [2.45, 2.75) is 25.8 Å². The summed E-state index contributed by atoms with van der Waals surface area (Å²) in [6, 6.07) is 7.37. The van der Waals surface area contributed by atoms with Crippen LogP contribution in [0.3, 0.4) is 0 Å². The van der Waals surface area contributed by atoms with Gasteiger partial charge in [0, 0.05) is 17.3 Å². The van der Waals surface area contributed by atoms with Gasteiger partial charge in [-0.25, -0.2) is 0 Å². The van der Waals surface area contributed by atoms with Gasteiger partial charge in [0.15, 0.2) is 0 Å². The molecule has 0 bridgehead atoms. The molecule has 1 aromatic carbocycles. The average molecular weight is 392 g/mol. The van der Waals surface area contributed by atoms with Gasteiger partial charge in [-0.15, -0.1) is 0 Å². The lowest BCUT2D eigenvalue weighted by Gasteiger charge is -2.27. The highest BCUT2D eigenvalue weighted by atomic mass is 35.5. The molecule has 5 nitrogen and oxygen atoms in total. The summed E-state index contributed by atoms with van der Waals surface area (Å²) in [6.07, 6.45) is 2.34. The Morgan fingerprint density at radius 3 is 2.69 bits per heavy atom. The Kier molecular flexibility index (Phi) is 6.29. The van der Waals surface area contributed by atoms with Crippen LogP contribution < -0.4 is 10.6 Å². The minimum atomic E-state index is -0.680. The summed E-state index contributed by atoms with van der Waals surface area (Å²) in [5.41, 5.74) is 2.58. The molecule has 0 saturated carbocycles. The molecule has 1 aromatic heterocycles. The quantitative estimate of drug-likeness (QED) is 0.765. The maximum absolute atomic E-state index is 12.3. The second-order valence-electron chi connectivity index (χ2n) is 6.44. The van der Waals surface area contributed by atoms with Crippen molar-refractivity contribution in [3.63, 3.8) is 0 Å². The van der Waals surface area contributed by atoms with Crippen LogP contribution in [0.15, 0.2) is 35.0 Å². The summed E-state index contributed by atoms with van der Waals surface area (Å²) < 4.78 is 0. The zero-order chi connectivity index (χ0) is 18.5. The van der Waals surface area contributed by atoms with Gasteiger partial charge in [-0.3, -0.25) is 14.5 Å². The van der Waals surface area contributed by atoms with Crippen LogP contribution >= 0.6 is 22.9 Å². The Hall–Kier alpha value is -1.89. The highest BCUT2D eigenvalue weighted by Gasteiger charge is 2.25. The summed E-state index contributed by atoms with van der Waals surface area (Å²) in [7, 11) is 0. The van der Waals surface area contributed by atoms with Gasteiger partial charge in [-0.1, -0.05) is 17.7 Å². The zero-order valence-electron chi connectivity index (χ0n) is 14.6. The lowest BCUT2D eigenvalue weighted by Crippen LogP contribution is -2.41. The third-order valence-corrected chi connectivity index (χ3v) is 5.56. The third kappa shape index (κ3) is 4.63. The number of halogens is 1. The lowest BCUT2D eigenvalue weighted by atomic mass is 10.1. The fourth-order valence-corrected chi connectivity index (χ4v) is 4.03. The minimum Gasteiger partial charge on any atom is -0.346 e. The molecular weight excluding hydrogens is 370 g/mol. The van der Waals surface area contributed by atoms with Crippen LogP contribution in [0.4, 0.5) is 5.69 Å².